The van der Waals surface area contributed by atoms with Crippen molar-refractivity contribution in [2.75, 3.05) is 9.80 Å². The fraction of sp³-hybridized carbons (Fsp3) is 0.0566. The molecule has 0 saturated carbocycles. The Labute approximate surface area is 323 Å². The summed E-state index contributed by atoms with van der Waals surface area (Å²) in [5, 5.41) is 4.81. The van der Waals surface area contributed by atoms with E-state index in [-0.39, 0.29) is 5.41 Å². The molecule has 0 bridgehead atoms. The second kappa shape index (κ2) is 13.2. The molecule has 0 fully saturated rings. The van der Waals surface area contributed by atoms with Crippen LogP contribution < -0.4 is 9.80 Å². The second-order valence-corrected chi connectivity index (χ2v) is 15.0. The van der Waals surface area contributed by atoms with Gasteiger partial charge in [-0.2, -0.15) is 0 Å². The predicted octanol–water partition coefficient (Wildman–Crippen LogP) is 14.9. The standard InChI is InChI=1S/C53H40N2/c1-53(2)47-23-13-14-24-49(47)55(51-36-43(28-33-48(51)53)38-17-7-4-8-18-38)52-46-22-12-11-20-41(46)29-34-50(52)54(45-32-27-39-19-9-10-21-42(39)35-45)44-30-25-40(26-31-44)37-15-5-3-6-16-37/h3-36H,1-2H3. The van der Waals surface area contributed by atoms with Crippen molar-refractivity contribution in [2.24, 2.45) is 0 Å². The summed E-state index contributed by atoms with van der Waals surface area (Å²) >= 11 is 0. The van der Waals surface area contributed by atoms with E-state index in [0.717, 1.165) is 22.7 Å². The van der Waals surface area contributed by atoms with Crippen molar-refractivity contribution in [3.05, 3.63) is 217 Å². The Bertz CT molecular complexity index is 2840. The van der Waals surface area contributed by atoms with Gasteiger partial charge in [-0.1, -0.05) is 178 Å². The van der Waals surface area contributed by atoms with Crippen LogP contribution in [0.5, 0.6) is 0 Å². The lowest BCUT2D eigenvalue weighted by molar-refractivity contribution is 0.632. The largest absolute Gasteiger partial charge is 0.308 e. The van der Waals surface area contributed by atoms with Crippen molar-refractivity contribution in [1.29, 1.82) is 0 Å². The van der Waals surface area contributed by atoms with Crippen molar-refractivity contribution >= 4 is 55.7 Å². The Kier molecular flexibility index (Phi) is 7.85. The molecule has 1 aliphatic heterocycles. The highest BCUT2D eigenvalue weighted by atomic mass is 15.2. The van der Waals surface area contributed by atoms with E-state index < -0.39 is 0 Å². The molecule has 1 aliphatic rings. The van der Waals surface area contributed by atoms with E-state index in [0.29, 0.717) is 0 Å². The van der Waals surface area contributed by atoms with Gasteiger partial charge in [-0.05, 0) is 92.0 Å². The van der Waals surface area contributed by atoms with E-state index in [1.165, 1.54) is 66.3 Å². The van der Waals surface area contributed by atoms with Crippen LogP contribution in [-0.4, -0.2) is 0 Å². The first kappa shape index (κ1) is 32.7. The van der Waals surface area contributed by atoms with Crippen molar-refractivity contribution in [3.63, 3.8) is 0 Å². The Morgan fingerprint density at radius 2 is 0.927 bits per heavy atom. The van der Waals surface area contributed by atoms with E-state index in [9.17, 15) is 0 Å². The second-order valence-electron chi connectivity index (χ2n) is 15.0. The maximum atomic E-state index is 2.55. The molecule has 55 heavy (non-hydrogen) atoms. The normalized spacial score (nSPS) is 13.0. The molecule has 0 N–H and O–H groups in total. The van der Waals surface area contributed by atoms with Crippen LogP contribution in [0, 0.1) is 0 Å². The number of para-hydroxylation sites is 1. The molecule has 0 aliphatic carbocycles. The molecule has 9 aromatic carbocycles. The highest BCUT2D eigenvalue weighted by Gasteiger charge is 2.38. The fourth-order valence-corrected chi connectivity index (χ4v) is 8.60. The smallest absolute Gasteiger partial charge is 0.0781 e. The van der Waals surface area contributed by atoms with Crippen molar-refractivity contribution in [3.8, 4) is 22.3 Å². The maximum Gasteiger partial charge on any atom is 0.0781 e. The molecule has 10 rings (SSSR count). The average molecular weight is 705 g/mol. The van der Waals surface area contributed by atoms with Gasteiger partial charge in [0.15, 0.2) is 0 Å². The van der Waals surface area contributed by atoms with Gasteiger partial charge in [0.05, 0.1) is 22.7 Å². The van der Waals surface area contributed by atoms with E-state index in [4.69, 9.17) is 0 Å². The third kappa shape index (κ3) is 5.57. The monoisotopic (exact) mass is 704 g/mol. The van der Waals surface area contributed by atoms with E-state index >= 15 is 0 Å². The molecule has 0 atom stereocenters. The van der Waals surface area contributed by atoms with Crippen molar-refractivity contribution < 1.29 is 0 Å². The zero-order valence-corrected chi connectivity index (χ0v) is 31.0. The molecule has 0 unspecified atom stereocenters. The van der Waals surface area contributed by atoms with Crippen LogP contribution in [0.3, 0.4) is 0 Å². The summed E-state index contributed by atoms with van der Waals surface area (Å²) in [5.74, 6) is 0. The molecular formula is C53H40N2. The minimum Gasteiger partial charge on any atom is -0.308 e. The molecule has 0 aromatic heterocycles. The SMILES string of the molecule is CC1(C)c2ccccc2N(c2c(N(c3ccc(-c4ccccc4)cc3)c3ccc4ccccc4c3)ccc3ccccc23)c2cc(-c3ccccc3)ccc21. The highest BCUT2D eigenvalue weighted by molar-refractivity contribution is 6.09. The Morgan fingerprint density at radius 1 is 0.382 bits per heavy atom. The average Bonchev–Trinajstić information content (AvgIpc) is 3.25. The molecule has 9 aromatic rings. The molecule has 0 radical (unpaired) electrons. The van der Waals surface area contributed by atoms with Crippen LogP contribution in [-0.2, 0) is 5.41 Å². The number of hydrogen-bond acceptors (Lipinski definition) is 2. The van der Waals surface area contributed by atoms with Crippen molar-refractivity contribution in [2.45, 2.75) is 19.3 Å². The molecule has 0 spiro atoms. The van der Waals surface area contributed by atoms with Crippen LogP contribution in [0.1, 0.15) is 25.0 Å². The first-order valence-corrected chi connectivity index (χ1v) is 19.1. The van der Waals surface area contributed by atoms with Gasteiger partial charge in [0, 0.05) is 22.2 Å². The number of rotatable bonds is 6. The van der Waals surface area contributed by atoms with Gasteiger partial charge in [0.25, 0.3) is 0 Å². The number of anilines is 6. The van der Waals surface area contributed by atoms with E-state index in [2.05, 4.69) is 230 Å². The van der Waals surface area contributed by atoms with Gasteiger partial charge in [-0.15, -0.1) is 0 Å². The first-order chi connectivity index (χ1) is 27.0. The Hall–Kier alpha value is -6.90. The summed E-state index contributed by atoms with van der Waals surface area (Å²) in [4.78, 5) is 5.00. The topological polar surface area (TPSA) is 6.48 Å². The number of nitrogens with zero attached hydrogens (tertiary/aromatic N) is 2. The number of benzene rings is 9. The minimum absolute atomic E-state index is 0.215. The third-order valence-corrected chi connectivity index (χ3v) is 11.4. The molecule has 0 saturated heterocycles. The Balaban J connectivity index is 1.28. The molecule has 0 amide bonds. The van der Waals surface area contributed by atoms with Crippen molar-refractivity contribution in [1.82, 2.24) is 0 Å². The van der Waals surface area contributed by atoms with Crippen LogP contribution in [0.2, 0.25) is 0 Å². The van der Waals surface area contributed by atoms with Gasteiger partial charge in [0.1, 0.15) is 0 Å². The molecule has 2 heteroatoms. The van der Waals surface area contributed by atoms with Crippen LogP contribution in [0.25, 0.3) is 43.8 Å². The molecule has 262 valence electrons. The summed E-state index contributed by atoms with van der Waals surface area (Å²) in [6.07, 6.45) is 0. The lowest BCUT2D eigenvalue weighted by Crippen LogP contribution is -2.31. The summed E-state index contributed by atoms with van der Waals surface area (Å²) in [6, 6.07) is 75.3. The van der Waals surface area contributed by atoms with E-state index in [1.54, 1.807) is 0 Å². The third-order valence-electron chi connectivity index (χ3n) is 11.4. The number of fused-ring (bicyclic) bond motifs is 4. The fourth-order valence-electron chi connectivity index (χ4n) is 8.60. The van der Waals surface area contributed by atoms with Gasteiger partial charge in [-0.3, -0.25) is 0 Å². The van der Waals surface area contributed by atoms with Crippen LogP contribution in [0.15, 0.2) is 206 Å². The summed E-state index contributed by atoms with van der Waals surface area (Å²) < 4.78 is 0. The predicted molar refractivity (Wildman–Crippen MR) is 234 cm³/mol. The quantitative estimate of drug-likeness (QED) is 0.170. The summed E-state index contributed by atoms with van der Waals surface area (Å²) in [5.41, 5.74) is 14.0. The van der Waals surface area contributed by atoms with Gasteiger partial charge in [0.2, 0.25) is 0 Å². The molecule has 1 heterocycles. The number of hydrogen-bond donors (Lipinski definition) is 0. The minimum atomic E-state index is -0.215. The lowest BCUT2D eigenvalue weighted by Gasteiger charge is -2.44. The lowest BCUT2D eigenvalue weighted by atomic mass is 9.73. The van der Waals surface area contributed by atoms with Gasteiger partial charge >= 0.3 is 0 Å². The zero-order chi connectivity index (χ0) is 36.9. The highest BCUT2D eigenvalue weighted by Crippen LogP contribution is 2.57. The van der Waals surface area contributed by atoms with Gasteiger partial charge < -0.3 is 9.80 Å². The Morgan fingerprint density at radius 3 is 1.69 bits per heavy atom. The maximum absolute atomic E-state index is 2.55. The van der Waals surface area contributed by atoms with Gasteiger partial charge in [-0.25, -0.2) is 0 Å². The van der Waals surface area contributed by atoms with Crippen LogP contribution >= 0.6 is 0 Å². The summed E-state index contributed by atoms with van der Waals surface area (Å²) in [7, 11) is 0. The zero-order valence-electron chi connectivity index (χ0n) is 31.0. The summed E-state index contributed by atoms with van der Waals surface area (Å²) in [6.45, 7) is 4.73. The first-order valence-electron chi connectivity index (χ1n) is 19.1. The van der Waals surface area contributed by atoms with E-state index in [1.807, 2.05) is 0 Å². The van der Waals surface area contributed by atoms with Crippen LogP contribution in [0.4, 0.5) is 34.1 Å². The molecule has 2 nitrogen and oxygen atoms in total. The molecular weight excluding hydrogens is 665 g/mol.